The molecule has 0 saturated carbocycles. The van der Waals surface area contributed by atoms with E-state index in [1.807, 2.05) is 30.3 Å². The lowest BCUT2D eigenvalue weighted by Crippen LogP contribution is -2.11. The Morgan fingerprint density at radius 1 is 1.10 bits per heavy atom. The Kier molecular flexibility index (Phi) is 3.88. The Morgan fingerprint density at radius 3 is 2.70 bits per heavy atom. The Balaban J connectivity index is 1.60. The van der Waals surface area contributed by atoms with Crippen LogP contribution in [0.4, 0.5) is 0 Å². The van der Waals surface area contributed by atoms with Crippen molar-refractivity contribution in [2.45, 2.75) is 12.3 Å². The van der Waals surface area contributed by atoms with E-state index in [1.165, 1.54) is 11.1 Å². The number of ether oxygens (including phenoxy) is 2. The largest absolute Gasteiger partial charge is 0.493 e. The molecule has 1 aliphatic rings. The lowest BCUT2D eigenvalue weighted by Gasteiger charge is -2.11. The van der Waals surface area contributed by atoms with Crippen molar-refractivity contribution in [3.8, 4) is 11.5 Å². The highest BCUT2D eigenvalue weighted by Gasteiger charge is 2.24. The van der Waals surface area contributed by atoms with Gasteiger partial charge in [0.25, 0.3) is 0 Å². The van der Waals surface area contributed by atoms with Crippen LogP contribution in [0.5, 0.6) is 11.5 Å². The van der Waals surface area contributed by atoms with Crippen molar-refractivity contribution in [2.75, 3.05) is 19.8 Å². The summed E-state index contributed by atoms with van der Waals surface area (Å²) < 4.78 is 11.5. The summed E-state index contributed by atoms with van der Waals surface area (Å²) >= 11 is 0. The van der Waals surface area contributed by atoms with Gasteiger partial charge in [-0.15, -0.1) is 0 Å². The number of nitrogens with two attached hydrogens (primary N) is 1. The van der Waals surface area contributed by atoms with Crippen LogP contribution in [-0.2, 0) is 6.42 Å². The van der Waals surface area contributed by atoms with Gasteiger partial charge in [0.2, 0.25) is 0 Å². The maximum Gasteiger partial charge on any atom is 0.123 e. The Hall–Kier alpha value is -2.00. The molecule has 0 aliphatic carbocycles. The first-order valence-electron chi connectivity index (χ1n) is 7.00. The van der Waals surface area contributed by atoms with E-state index in [0.29, 0.717) is 25.7 Å². The Bertz CT molecular complexity index is 565. The number of hydrogen-bond donors (Lipinski definition) is 1. The summed E-state index contributed by atoms with van der Waals surface area (Å²) in [6.45, 7) is 2.02. The van der Waals surface area contributed by atoms with E-state index in [0.717, 1.165) is 17.9 Å². The molecule has 104 valence electrons. The molecule has 0 amide bonds. The molecule has 0 bridgehead atoms. The van der Waals surface area contributed by atoms with Gasteiger partial charge >= 0.3 is 0 Å². The van der Waals surface area contributed by atoms with Gasteiger partial charge in [0.15, 0.2) is 0 Å². The molecule has 3 heteroatoms. The van der Waals surface area contributed by atoms with Gasteiger partial charge in [-0.2, -0.15) is 0 Å². The summed E-state index contributed by atoms with van der Waals surface area (Å²) in [4.78, 5) is 0. The molecule has 1 atom stereocenters. The molecule has 2 N–H and O–H groups in total. The monoisotopic (exact) mass is 269 g/mol. The standard InChI is InChI=1S/C17H19NO2/c18-10-9-13-5-7-15(8-6-13)19-11-14-12-20-17-4-2-1-3-16(14)17/h1-8,14H,9-12,18H2. The van der Waals surface area contributed by atoms with E-state index in [2.05, 4.69) is 18.2 Å². The van der Waals surface area contributed by atoms with Crippen molar-refractivity contribution in [1.82, 2.24) is 0 Å². The molecule has 1 aliphatic heterocycles. The van der Waals surface area contributed by atoms with Crippen LogP contribution in [0.2, 0.25) is 0 Å². The van der Waals surface area contributed by atoms with E-state index < -0.39 is 0 Å². The zero-order valence-corrected chi connectivity index (χ0v) is 11.4. The molecule has 20 heavy (non-hydrogen) atoms. The van der Waals surface area contributed by atoms with Crippen LogP contribution in [-0.4, -0.2) is 19.8 Å². The average Bonchev–Trinajstić information content (AvgIpc) is 2.90. The zero-order chi connectivity index (χ0) is 13.8. The molecule has 2 aromatic rings. The maximum atomic E-state index is 5.87. The van der Waals surface area contributed by atoms with E-state index in [9.17, 15) is 0 Å². The van der Waals surface area contributed by atoms with E-state index in [1.54, 1.807) is 0 Å². The molecule has 1 heterocycles. The SMILES string of the molecule is NCCc1ccc(OCC2COc3ccccc32)cc1. The predicted molar refractivity (Wildman–Crippen MR) is 79.4 cm³/mol. The Morgan fingerprint density at radius 2 is 1.90 bits per heavy atom. The van der Waals surface area contributed by atoms with Gasteiger partial charge in [-0.3, -0.25) is 0 Å². The first kappa shape index (κ1) is 13.0. The summed E-state index contributed by atoms with van der Waals surface area (Å²) in [5, 5.41) is 0. The molecule has 2 aromatic carbocycles. The zero-order valence-electron chi connectivity index (χ0n) is 11.4. The van der Waals surface area contributed by atoms with Gasteiger partial charge in [0.05, 0.1) is 19.1 Å². The molecule has 0 radical (unpaired) electrons. The van der Waals surface area contributed by atoms with Gasteiger partial charge in [0, 0.05) is 5.56 Å². The molecule has 1 unspecified atom stereocenters. The second-order valence-corrected chi connectivity index (χ2v) is 5.04. The van der Waals surface area contributed by atoms with E-state index in [4.69, 9.17) is 15.2 Å². The third-order valence-corrected chi connectivity index (χ3v) is 3.61. The van der Waals surface area contributed by atoms with Crippen molar-refractivity contribution < 1.29 is 9.47 Å². The van der Waals surface area contributed by atoms with Gasteiger partial charge in [-0.25, -0.2) is 0 Å². The van der Waals surface area contributed by atoms with Gasteiger partial charge in [-0.1, -0.05) is 30.3 Å². The van der Waals surface area contributed by atoms with Crippen LogP contribution < -0.4 is 15.2 Å². The maximum absolute atomic E-state index is 5.87. The van der Waals surface area contributed by atoms with Crippen molar-refractivity contribution in [3.63, 3.8) is 0 Å². The third-order valence-electron chi connectivity index (χ3n) is 3.61. The fraction of sp³-hybridized carbons (Fsp3) is 0.294. The Labute approximate surface area is 119 Å². The summed E-state index contributed by atoms with van der Waals surface area (Å²) in [6, 6.07) is 16.3. The number of hydrogen-bond acceptors (Lipinski definition) is 3. The van der Waals surface area contributed by atoms with E-state index >= 15 is 0 Å². The number of para-hydroxylation sites is 1. The number of fused-ring (bicyclic) bond motifs is 1. The van der Waals surface area contributed by atoms with E-state index in [-0.39, 0.29) is 0 Å². The van der Waals surface area contributed by atoms with Crippen molar-refractivity contribution in [3.05, 3.63) is 59.7 Å². The first-order valence-corrected chi connectivity index (χ1v) is 7.00. The molecule has 0 fully saturated rings. The highest BCUT2D eigenvalue weighted by Crippen LogP contribution is 2.33. The van der Waals surface area contributed by atoms with Crippen LogP contribution >= 0.6 is 0 Å². The lowest BCUT2D eigenvalue weighted by molar-refractivity contribution is 0.248. The average molecular weight is 269 g/mol. The highest BCUT2D eigenvalue weighted by atomic mass is 16.5. The second-order valence-electron chi connectivity index (χ2n) is 5.04. The summed E-state index contributed by atoms with van der Waals surface area (Å²) in [6.07, 6.45) is 0.907. The van der Waals surface area contributed by atoms with Gasteiger partial charge < -0.3 is 15.2 Å². The third kappa shape index (κ3) is 2.78. The van der Waals surface area contributed by atoms with Gasteiger partial charge in [0.1, 0.15) is 11.5 Å². The van der Waals surface area contributed by atoms with Crippen molar-refractivity contribution in [1.29, 1.82) is 0 Å². The fourth-order valence-corrected chi connectivity index (χ4v) is 2.48. The summed E-state index contributed by atoms with van der Waals surface area (Å²) in [5.74, 6) is 2.20. The minimum atomic E-state index is 0.315. The smallest absolute Gasteiger partial charge is 0.123 e. The van der Waals surface area contributed by atoms with Crippen molar-refractivity contribution in [2.24, 2.45) is 5.73 Å². The first-order chi connectivity index (χ1) is 9.86. The van der Waals surface area contributed by atoms with Crippen LogP contribution in [0.1, 0.15) is 17.0 Å². The molecular formula is C17H19NO2. The van der Waals surface area contributed by atoms with Crippen LogP contribution in [0, 0.1) is 0 Å². The molecule has 0 aromatic heterocycles. The lowest BCUT2D eigenvalue weighted by atomic mass is 10.0. The number of benzene rings is 2. The second kappa shape index (κ2) is 5.97. The summed E-state index contributed by atoms with van der Waals surface area (Å²) in [5.41, 5.74) is 8.03. The molecule has 0 spiro atoms. The quantitative estimate of drug-likeness (QED) is 0.907. The van der Waals surface area contributed by atoms with Crippen LogP contribution in [0.25, 0.3) is 0 Å². The van der Waals surface area contributed by atoms with Crippen LogP contribution in [0.3, 0.4) is 0 Å². The molecule has 3 rings (SSSR count). The highest BCUT2D eigenvalue weighted by molar-refractivity contribution is 5.39. The molecule has 3 nitrogen and oxygen atoms in total. The normalized spacial score (nSPS) is 16.6. The fourth-order valence-electron chi connectivity index (χ4n) is 2.48. The van der Waals surface area contributed by atoms with Crippen molar-refractivity contribution >= 4 is 0 Å². The minimum Gasteiger partial charge on any atom is -0.493 e. The molecular weight excluding hydrogens is 250 g/mol. The number of rotatable bonds is 5. The predicted octanol–water partition coefficient (Wildman–Crippen LogP) is 2.74. The van der Waals surface area contributed by atoms with Crippen LogP contribution in [0.15, 0.2) is 48.5 Å². The minimum absolute atomic E-state index is 0.315. The summed E-state index contributed by atoms with van der Waals surface area (Å²) in [7, 11) is 0. The van der Waals surface area contributed by atoms with Gasteiger partial charge in [-0.05, 0) is 36.7 Å². The molecule has 0 saturated heterocycles. The topological polar surface area (TPSA) is 44.5 Å².